The highest BCUT2D eigenvalue weighted by Crippen LogP contribution is 2.32. The molecule has 0 aromatic rings. The molecule has 0 aromatic carbocycles. The lowest BCUT2D eigenvalue weighted by Crippen LogP contribution is -2.38. The average molecular weight is 163 g/mol. The zero-order valence-corrected chi connectivity index (χ0v) is 6.87. The van der Waals surface area contributed by atoms with Crippen molar-refractivity contribution in [3.63, 3.8) is 0 Å². The number of nitrogens with one attached hydrogen (secondary N) is 1. The summed E-state index contributed by atoms with van der Waals surface area (Å²) in [7, 11) is 0. The van der Waals surface area contributed by atoms with Crippen LogP contribution in [0.15, 0.2) is 0 Å². The van der Waals surface area contributed by atoms with Gasteiger partial charge in [0.1, 0.15) is 0 Å². The number of hydrogen-bond acceptors (Lipinski definition) is 1. The summed E-state index contributed by atoms with van der Waals surface area (Å²) >= 11 is 0. The Morgan fingerprint density at radius 2 is 2.27 bits per heavy atom. The van der Waals surface area contributed by atoms with E-state index in [9.17, 15) is 8.78 Å². The van der Waals surface area contributed by atoms with Crippen LogP contribution in [0.5, 0.6) is 0 Å². The van der Waals surface area contributed by atoms with Gasteiger partial charge in [0.05, 0.1) is 0 Å². The maximum Gasteiger partial charge on any atom is 0.249 e. The van der Waals surface area contributed by atoms with E-state index >= 15 is 0 Å². The van der Waals surface area contributed by atoms with Crippen LogP contribution in [0, 0.1) is 0 Å². The van der Waals surface area contributed by atoms with Crippen molar-refractivity contribution < 1.29 is 8.78 Å². The first kappa shape index (κ1) is 8.91. The Morgan fingerprint density at radius 3 is 2.82 bits per heavy atom. The minimum atomic E-state index is -2.41. The highest BCUT2D eigenvalue weighted by Gasteiger charge is 2.35. The van der Waals surface area contributed by atoms with Crippen molar-refractivity contribution in [1.29, 1.82) is 0 Å². The monoisotopic (exact) mass is 163 g/mol. The molecule has 1 fully saturated rings. The van der Waals surface area contributed by atoms with Crippen LogP contribution in [0.2, 0.25) is 0 Å². The van der Waals surface area contributed by atoms with Crippen molar-refractivity contribution in [2.45, 2.75) is 44.6 Å². The lowest BCUT2D eigenvalue weighted by atomic mass is 9.92. The molecular formula is C8H15F2N. The topological polar surface area (TPSA) is 12.0 Å². The van der Waals surface area contributed by atoms with Crippen molar-refractivity contribution in [2.24, 2.45) is 0 Å². The normalized spacial score (nSPS) is 30.3. The van der Waals surface area contributed by atoms with E-state index in [0.29, 0.717) is 6.42 Å². The van der Waals surface area contributed by atoms with Gasteiger partial charge in [-0.25, -0.2) is 8.78 Å². The second-order valence-electron chi connectivity index (χ2n) is 3.21. The predicted molar refractivity (Wildman–Crippen MR) is 40.9 cm³/mol. The number of halogens is 2. The molecule has 66 valence electrons. The summed E-state index contributed by atoms with van der Waals surface area (Å²) in [5, 5.41) is 3.06. The van der Waals surface area contributed by atoms with Gasteiger partial charge in [0.25, 0.3) is 0 Å². The van der Waals surface area contributed by atoms with Gasteiger partial charge in [-0.05, 0) is 19.4 Å². The van der Waals surface area contributed by atoms with E-state index in [0.717, 1.165) is 13.0 Å². The van der Waals surface area contributed by atoms with Crippen LogP contribution in [0.4, 0.5) is 8.78 Å². The van der Waals surface area contributed by atoms with Crippen molar-refractivity contribution in [1.82, 2.24) is 5.32 Å². The van der Waals surface area contributed by atoms with Crippen LogP contribution in [0.1, 0.15) is 32.6 Å². The molecule has 1 atom stereocenters. The lowest BCUT2D eigenvalue weighted by Gasteiger charge is -2.29. The van der Waals surface area contributed by atoms with Crippen LogP contribution in [-0.2, 0) is 0 Å². The molecule has 0 aromatic heterocycles. The van der Waals surface area contributed by atoms with Crippen LogP contribution < -0.4 is 5.32 Å². The summed E-state index contributed by atoms with van der Waals surface area (Å²) in [6.45, 7) is 2.74. The highest BCUT2D eigenvalue weighted by atomic mass is 19.3. The van der Waals surface area contributed by atoms with Crippen molar-refractivity contribution in [3.05, 3.63) is 0 Å². The van der Waals surface area contributed by atoms with Crippen molar-refractivity contribution in [3.8, 4) is 0 Å². The van der Waals surface area contributed by atoms with E-state index in [-0.39, 0.29) is 18.9 Å². The maximum atomic E-state index is 12.7. The average Bonchev–Trinajstić information content (AvgIpc) is 1.85. The Hall–Kier alpha value is -0.180. The number of rotatable bonds is 2. The molecule has 1 aliphatic rings. The molecule has 0 spiro atoms. The third kappa shape index (κ3) is 2.73. The zero-order chi connectivity index (χ0) is 8.32. The number of hydrogen-bond donors (Lipinski definition) is 1. The molecule has 1 saturated carbocycles. The molecule has 1 N–H and O–H groups in total. The summed E-state index contributed by atoms with van der Waals surface area (Å²) in [6.07, 6.45) is 1.67. The van der Waals surface area contributed by atoms with Gasteiger partial charge in [0.2, 0.25) is 5.92 Å². The maximum absolute atomic E-state index is 12.7. The summed E-state index contributed by atoms with van der Waals surface area (Å²) in [4.78, 5) is 0. The fraction of sp³-hybridized carbons (Fsp3) is 1.00. The Kier molecular flexibility index (Phi) is 2.82. The predicted octanol–water partition coefficient (Wildman–Crippen LogP) is 2.17. The van der Waals surface area contributed by atoms with Crippen molar-refractivity contribution in [2.75, 3.05) is 6.54 Å². The third-order valence-electron chi connectivity index (χ3n) is 2.13. The van der Waals surface area contributed by atoms with Crippen LogP contribution in [0.25, 0.3) is 0 Å². The van der Waals surface area contributed by atoms with Crippen LogP contribution in [0.3, 0.4) is 0 Å². The highest BCUT2D eigenvalue weighted by molar-refractivity contribution is 4.82. The Labute approximate surface area is 66.2 Å². The quantitative estimate of drug-likeness (QED) is 0.657. The summed E-state index contributed by atoms with van der Waals surface area (Å²) in [5.41, 5.74) is 0. The molecule has 1 aliphatic carbocycles. The minimum Gasteiger partial charge on any atom is -0.314 e. The lowest BCUT2D eigenvalue weighted by molar-refractivity contribution is -0.0438. The summed E-state index contributed by atoms with van der Waals surface area (Å²) in [5.74, 6) is -2.41. The number of alkyl halides is 2. The van der Waals surface area contributed by atoms with E-state index in [2.05, 4.69) is 5.32 Å². The van der Waals surface area contributed by atoms with Crippen molar-refractivity contribution >= 4 is 0 Å². The molecule has 0 saturated heterocycles. The van der Waals surface area contributed by atoms with E-state index in [1.54, 1.807) is 0 Å². The van der Waals surface area contributed by atoms with Crippen LogP contribution >= 0.6 is 0 Å². The van der Waals surface area contributed by atoms with Gasteiger partial charge in [-0.1, -0.05) is 6.92 Å². The fourth-order valence-electron chi connectivity index (χ4n) is 1.63. The Balaban J connectivity index is 2.34. The first-order valence-electron chi connectivity index (χ1n) is 4.25. The molecule has 1 rings (SSSR count). The van der Waals surface area contributed by atoms with E-state index < -0.39 is 5.92 Å². The first-order valence-corrected chi connectivity index (χ1v) is 4.25. The van der Waals surface area contributed by atoms with E-state index in [1.165, 1.54) is 0 Å². The van der Waals surface area contributed by atoms with Gasteiger partial charge >= 0.3 is 0 Å². The Morgan fingerprint density at radius 1 is 1.55 bits per heavy atom. The molecule has 0 amide bonds. The molecule has 0 aliphatic heterocycles. The van der Waals surface area contributed by atoms with Gasteiger partial charge in [-0.3, -0.25) is 0 Å². The first-order chi connectivity index (χ1) is 5.14. The SMILES string of the molecule is CCNC1CCCC(F)(F)C1. The van der Waals surface area contributed by atoms with Gasteiger partial charge in [-0.15, -0.1) is 0 Å². The largest absolute Gasteiger partial charge is 0.314 e. The zero-order valence-electron chi connectivity index (χ0n) is 6.87. The van der Waals surface area contributed by atoms with E-state index in [1.807, 2.05) is 6.92 Å². The fourth-order valence-corrected chi connectivity index (χ4v) is 1.63. The molecule has 1 unspecified atom stereocenters. The minimum absolute atomic E-state index is 0.0286. The molecule has 0 heterocycles. The summed E-state index contributed by atoms with van der Waals surface area (Å²) < 4.78 is 25.5. The molecule has 3 heteroatoms. The Bertz CT molecular complexity index is 123. The second kappa shape index (κ2) is 3.48. The molecule has 0 radical (unpaired) electrons. The standard InChI is InChI=1S/C8H15F2N/c1-2-11-7-4-3-5-8(9,10)6-7/h7,11H,2-6H2,1H3. The van der Waals surface area contributed by atoms with E-state index in [4.69, 9.17) is 0 Å². The van der Waals surface area contributed by atoms with Gasteiger partial charge in [-0.2, -0.15) is 0 Å². The van der Waals surface area contributed by atoms with Gasteiger partial charge in [0, 0.05) is 18.9 Å². The van der Waals surface area contributed by atoms with Gasteiger partial charge < -0.3 is 5.32 Å². The molecule has 11 heavy (non-hydrogen) atoms. The molecule has 0 bridgehead atoms. The molecule has 1 nitrogen and oxygen atoms in total. The molecular weight excluding hydrogens is 148 g/mol. The van der Waals surface area contributed by atoms with Crippen LogP contribution in [-0.4, -0.2) is 18.5 Å². The third-order valence-corrected chi connectivity index (χ3v) is 2.13. The smallest absolute Gasteiger partial charge is 0.249 e. The second-order valence-corrected chi connectivity index (χ2v) is 3.21. The summed E-state index contributed by atoms with van der Waals surface area (Å²) in [6, 6.07) is 0.0451. The van der Waals surface area contributed by atoms with Gasteiger partial charge in [0.15, 0.2) is 0 Å².